The number of halogens is 2. The van der Waals surface area contributed by atoms with Crippen molar-refractivity contribution in [2.75, 3.05) is 0 Å². The molecule has 0 aliphatic rings. The molecule has 0 aliphatic carbocycles. The summed E-state index contributed by atoms with van der Waals surface area (Å²) in [6.07, 6.45) is 0.293. The molecule has 1 aromatic carbocycles. The highest BCUT2D eigenvalue weighted by Gasteiger charge is 2.14. The quantitative estimate of drug-likeness (QED) is 0.840. The van der Waals surface area contributed by atoms with Gasteiger partial charge < -0.3 is 9.84 Å². The fraction of sp³-hybridized carbons (Fsp3) is 0.500. The molecule has 2 nitrogen and oxygen atoms in total. The molecule has 1 rings (SSSR count). The second-order valence-corrected chi connectivity index (χ2v) is 3.78. The van der Waals surface area contributed by atoms with Crippen molar-refractivity contribution in [1.29, 1.82) is 0 Å². The minimum absolute atomic E-state index is 0.107. The van der Waals surface area contributed by atoms with Crippen LogP contribution in [0.2, 0.25) is 0 Å². The molecule has 0 aliphatic heterocycles. The molecule has 0 bridgehead atoms. The summed E-state index contributed by atoms with van der Waals surface area (Å²) in [4.78, 5) is 0. The summed E-state index contributed by atoms with van der Waals surface area (Å²) in [5, 5.41) is 9.87. The molecule has 90 valence electrons. The Bertz CT molecular complexity index is 311. The zero-order valence-electron chi connectivity index (χ0n) is 9.36. The van der Waals surface area contributed by atoms with E-state index in [1.54, 1.807) is 12.1 Å². The Morgan fingerprint density at radius 2 is 1.81 bits per heavy atom. The van der Waals surface area contributed by atoms with Gasteiger partial charge in [0.25, 0.3) is 0 Å². The Balaban J connectivity index is 2.70. The van der Waals surface area contributed by atoms with Gasteiger partial charge in [-0.2, -0.15) is 8.78 Å². The Morgan fingerprint density at radius 3 is 2.25 bits per heavy atom. The molecule has 4 heteroatoms. The number of rotatable bonds is 5. The highest BCUT2D eigenvalue weighted by molar-refractivity contribution is 5.28. The highest BCUT2D eigenvalue weighted by atomic mass is 19.3. The van der Waals surface area contributed by atoms with Crippen molar-refractivity contribution in [2.24, 2.45) is 5.92 Å². The maximum atomic E-state index is 11.9. The SMILES string of the molecule is CCC(C)C(O)c1ccc(OC(F)F)cc1. The summed E-state index contributed by atoms with van der Waals surface area (Å²) < 4.78 is 28.0. The minimum Gasteiger partial charge on any atom is -0.435 e. The summed E-state index contributed by atoms with van der Waals surface area (Å²) in [6.45, 7) is 1.11. The lowest BCUT2D eigenvalue weighted by atomic mass is 9.95. The van der Waals surface area contributed by atoms with Crippen molar-refractivity contribution in [3.63, 3.8) is 0 Å². The number of alkyl halides is 2. The van der Waals surface area contributed by atoms with Gasteiger partial charge in [-0.1, -0.05) is 32.4 Å². The number of aliphatic hydroxyl groups is 1. The minimum atomic E-state index is -2.81. The van der Waals surface area contributed by atoms with Crippen LogP contribution in [0.5, 0.6) is 5.75 Å². The molecule has 0 aromatic heterocycles. The van der Waals surface area contributed by atoms with Gasteiger partial charge in [0.15, 0.2) is 0 Å². The summed E-state index contributed by atoms with van der Waals surface area (Å²) in [7, 11) is 0. The van der Waals surface area contributed by atoms with Gasteiger partial charge in [-0.05, 0) is 23.6 Å². The Hall–Kier alpha value is -1.16. The second kappa shape index (κ2) is 5.80. The number of aliphatic hydroxyl groups excluding tert-OH is 1. The summed E-state index contributed by atoms with van der Waals surface area (Å²) >= 11 is 0. The molecular weight excluding hydrogens is 214 g/mol. The number of hydrogen-bond acceptors (Lipinski definition) is 2. The molecule has 2 atom stereocenters. The van der Waals surface area contributed by atoms with Crippen LogP contribution in [0.4, 0.5) is 8.78 Å². The molecule has 0 saturated carbocycles. The second-order valence-electron chi connectivity index (χ2n) is 3.78. The van der Waals surface area contributed by atoms with E-state index in [1.165, 1.54) is 12.1 Å². The van der Waals surface area contributed by atoms with Crippen molar-refractivity contribution in [1.82, 2.24) is 0 Å². The molecule has 0 spiro atoms. The van der Waals surface area contributed by atoms with Crippen LogP contribution in [0.3, 0.4) is 0 Å². The lowest BCUT2D eigenvalue weighted by molar-refractivity contribution is -0.0498. The van der Waals surface area contributed by atoms with Crippen LogP contribution in [0.25, 0.3) is 0 Å². The van der Waals surface area contributed by atoms with Gasteiger partial charge in [-0.15, -0.1) is 0 Å². The average molecular weight is 230 g/mol. The fourth-order valence-electron chi connectivity index (χ4n) is 1.40. The summed E-state index contributed by atoms with van der Waals surface area (Å²) in [5.74, 6) is 0.247. The van der Waals surface area contributed by atoms with Crippen LogP contribution in [0.1, 0.15) is 31.9 Å². The largest absolute Gasteiger partial charge is 0.435 e. The van der Waals surface area contributed by atoms with E-state index in [0.29, 0.717) is 0 Å². The van der Waals surface area contributed by atoms with E-state index in [1.807, 2.05) is 13.8 Å². The van der Waals surface area contributed by atoms with Gasteiger partial charge in [-0.25, -0.2) is 0 Å². The highest BCUT2D eigenvalue weighted by Crippen LogP contribution is 2.26. The van der Waals surface area contributed by atoms with Gasteiger partial charge in [0.2, 0.25) is 0 Å². The molecule has 1 aromatic rings. The van der Waals surface area contributed by atoms with E-state index in [0.717, 1.165) is 12.0 Å². The summed E-state index contributed by atoms with van der Waals surface area (Å²) in [5.41, 5.74) is 0.718. The smallest absolute Gasteiger partial charge is 0.387 e. The van der Waals surface area contributed by atoms with Crippen molar-refractivity contribution in [3.05, 3.63) is 29.8 Å². The van der Waals surface area contributed by atoms with E-state index in [9.17, 15) is 13.9 Å². The third kappa shape index (κ3) is 3.45. The lowest BCUT2D eigenvalue weighted by Crippen LogP contribution is -2.08. The van der Waals surface area contributed by atoms with Crippen LogP contribution in [0, 0.1) is 5.92 Å². The number of ether oxygens (including phenoxy) is 1. The van der Waals surface area contributed by atoms with Crippen molar-refractivity contribution in [2.45, 2.75) is 33.0 Å². The zero-order valence-corrected chi connectivity index (χ0v) is 9.36. The van der Waals surface area contributed by atoms with E-state index < -0.39 is 12.7 Å². The summed E-state index contributed by atoms with van der Waals surface area (Å²) in [6, 6.07) is 6.09. The van der Waals surface area contributed by atoms with Gasteiger partial charge in [-0.3, -0.25) is 0 Å². The third-order valence-corrected chi connectivity index (χ3v) is 2.63. The van der Waals surface area contributed by atoms with Gasteiger partial charge in [0, 0.05) is 0 Å². The van der Waals surface area contributed by atoms with Crippen LogP contribution < -0.4 is 4.74 Å². The third-order valence-electron chi connectivity index (χ3n) is 2.63. The van der Waals surface area contributed by atoms with Crippen LogP contribution in [-0.4, -0.2) is 11.7 Å². The van der Waals surface area contributed by atoms with E-state index in [4.69, 9.17) is 0 Å². The molecular formula is C12H16F2O2. The maximum absolute atomic E-state index is 11.9. The zero-order chi connectivity index (χ0) is 12.1. The predicted molar refractivity (Wildman–Crippen MR) is 57.5 cm³/mol. The van der Waals surface area contributed by atoms with E-state index in [-0.39, 0.29) is 11.7 Å². The number of hydrogen-bond donors (Lipinski definition) is 1. The average Bonchev–Trinajstić information content (AvgIpc) is 2.27. The molecule has 0 radical (unpaired) electrons. The standard InChI is InChI=1S/C12H16F2O2/c1-3-8(2)11(15)9-4-6-10(7-5-9)16-12(13)14/h4-8,11-12,15H,3H2,1-2H3. The van der Waals surface area contributed by atoms with E-state index in [2.05, 4.69) is 4.74 Å². The molecule has 0 saturated heterocycles. The van der Waals surface area contributed by atoms with Gasteiger partial charge in [0.1, 0.15) is 5.75 Å². The first-order valence-electron chi connectivity index (χ1n) is 5.27. The Morgan fingerprint density at radius 1 is 1.25 bits per heavy atom. The molecule has 0 fully saturated rings. The van der Waals surface area contributed by atoms with Crippen LogP contribution in [-0.2, 0) is 0 Å². The van der Waals surface area contributed by atoms with Crippen molar-refractivity contribution < 1.29 is 18.6 Å². The molecule has 1 N–H and O–H groups in total. The van der Waals surface area contributed by atoms with Crippen molar-refractivity contribution in [3.8, 4) is 5.75 Å². The first-order chi connectivity index (χ1) is 7.54. The molecule has 0 amide bonds. The van der Waals surface area contributed by atoms with Gasteiger partial charge in [0.05, 0.1) is 6.10 Å². The van der Waals surface area contributed by atoms with Crippen molar-refractivity contribution >= 4 is 0 Å². The van der Waals surface area contributed by atoms with Gasteiger partial charge >= 0.3 is 6.61 Å². The lowest BCUT2D eigenvalue weighted by Gasteiger charge is -2.17. The first kappa shape index (κ1) is 12.9. The maximum Gasteiger partial charge on any atom is 0.387 e. The topological polar surface area (TPSA) is 29.5 Å². The molecule has 2 unspecified atom stereocenters. The normalized spacial score (nSPS) is 14.9. The molecule has 0 heterocycles. The monoisotopic (exact) mass is 230 g/mol. The first-order valence-corrected chi connectivity index (χ1v) is 5.27. The van der Waals surface area contributed by atoms with Crippen LogP contribution in [0.15, 0.2) is 24.3 Å². The van der Waals surface area contributed by atoms with Crippen LogP contribution >= 0.6 is 0 Å². The number of benzene rings is 1. The Kier molecular flexibility index (Phi) is 4.68. The fourth-order valence-corrected chi connectivity index (χ4v) is 1.40. The van der Waals surface area contributed by atoms with E-state index >= 15 is 0 Å². The predicted octanol–water partition coefficient (Wildman–Crippen LogP) is 3.37. The Labute approximate surface area is 93.9 Å². The molecule has 16 heavy (non-hydrogen) atoms.